The summed E-state index contributed by atoms with van der Waals surface area (Å²) in [5.41, 5.74) is 0.670. The number of rotatable bonds is 16. The second-order valence-electron chi connectivity index (χ2n) is 11.1. The van der Waals surface area contributed by atoms with Gasteiger partial charge in [0.25, 0.3) is 23.2 Å². The zero-order chi connectivity index (χ0) is 41.4. The third-order valence-corrected chi connectivity index (χ3v) is 7.31. The molecule has 0 aliphatic rings. The Morgan fingerprint density at radius 3 is 1.20 bits per heavy atom. The number of hydrogen-bond donors (Lipinski definition) is 2. The first-order valence-corrected chi connectivity index (χ1v) is 16.1. The summed E-state index contributed by atoms with van der Waals surface area (Å²) in [6, 6.07) is 18.0. The van der Waals surface area contributed by atoms with Crippen LogP contribution in [-0.4, -0.2) is 73.8 Å². The highest BCUT2D eigenvalue weighted by Crippen LogP contribution is 2.33. The smallest absolute Gasteiger partial charge is 0.273 e. The number of methoxy groups -OCH3 is 4. The predicted molar refractivity (Wildman–Crippen MR) is 201 cm³/mol. The quantitative estimate of drug-likeness (QED) is 0.0529. The number of nitrogens with zero attached hydrogens (tertiary/aromatic N) is 6. The minimum Gasteiger partial charge on any atom is -0.495 e. The zero-order valence-electron chi connectivity index (χ0n) is 30.8. The molecule has 0 fully saturated rings. The summed E-state index contributed by atoms with van der Waals surface area (Å²) in [7, 11) is 5.53. The minimum absolute atomic E-state index is 0.0883. The molecule has 2 atom stereocenters. The highest BCUT2D eigenvalue weighted by molar-refractivity contribution is 6.11. The molecule has 292 valence electrons. The van der Waals surface area contributed by atoms with E-state index in [1.54, 1.807) is 48.5 Å². The summed E-state index contributed by atoms with van der Waals surface area (Å²) in [5, 5.41) is 42.2. The number of hydrogen-bond acceptors (Lipinski definition) is 16. The number of nitrogens with one attached hydrogen (secondary N) is 2. The van der Waals surface area contributed by atoms with E-state index in [1.807, 2.05) is 0 Å². The molecule has 0 saturated carbocycles. The van der Waals surface area contributed by atoms with Crippen LogP contribution < -0.4 is 29.6 Å². The molecule has 2 amide bonds. The van der Waals surface area contributed by atoms with E-state index in [1.165, 1.54) is 78.7 Å². The Balaban J connectivity index is 0.000000300. The van der Waals surface area contributed by atoms with Gasteiger partial charge in [-0.15, -0.1) is 0 Å². The molecule has 0 aromatic heterocycles. The Bertz CT molecular complexity index is 2010. The van der Waals surface area contributed by atoms with Gasteiger partial charge in [0.05, 0.1) is 61.8 Å². The Hall–Kier alpha value is -7.64. The van der Waals surface area contributed by atoms with Gasteiger partial charge in [-0.05, 0) is 50.2 Å². The van der Waals surface area contributed by atoms with Gasteiger partial charge in [-0.2, -0.15) is 20.5 Å². The molecule has 0 aliphatic carbocycles. The monoisotopic (exact) mass is 772 g/mol. The largest absolute Gasteiger partial charge is 0.495 e. The molecule has 4 aromatic carbocycles. The molecule has 0 heterocycles. The molecule has 2 unspecified atom stereocenters. The van der Waals surface area contributed by atoms with E-state index in [-0.39, 0.29) is 34.2 Å². The van der Waals surface area contributed by atoms with Crippen molar-refractivity contribution in [2.24, 2.45) is 20.5 Å². The van der Waals surface area contributed by atoms with Crippen molar-refractivity contribution in [2.45, 2.75) is 25.9 Å². The number of nitro benzene ring substituents is 2. The first-order valence-electron chi connectivity index (χ1n) is 16.1. The second-order valence-corrected chi connectivity index (χ2v) is 11.1. The van der Waals surface area contributed by atoms with Crippen LogP contribution in [0.3, 0.4) is 0 Å². The highest BCUT2D eigenvalue weighted by atomic mass is 16.6. The number of ketones is 2. The van der Waals surface area contributed by atoms with Crippen LogP contribution in [0.2, 0.25) is 0 Å². The van der Waals surface area contributed by atoms with Gasteiger partial charge in [-0.3, -0.25) is 39.4 Å². The molecule has 0 radical (unpaired) electrons. The van der Waals surface area contributed by atoms with Gasteiger partial charge in [0.15, 0.2) is 23.1 Å². The minimum atomic E-state index is -1.41. The molecule has 2 N–H and O–H groups in total. The van der Waals surface area contributed by atoms with Crippen LogP contribution in [0.5, 0.6) is 23.0 Å². The van der Waals surface area contributed by atoms with Crippen molar-refractivity contribution in [1.82, 2.24) is 0 Å². The molecule has 0 aliphatic heterocycles. The summed E-state index contributed by atoms with van der Waals surface area (Å²) in [6.07, 6.45) is 0. The third kappa shape index (κ3) is 11.7. The number of azo groups is 2. The fourth-order valence-corrected chi connectivity index (χ4v) is 4.50. The lowest BCUT2D eigenvalue weighted by Gasteiger charge is -2.12. The Morgan fingerprint density at radius 1 is 0.554 bits per heavy atom. The average Bonchev–Trinajstić information content (AvgIpc) is 3.18. The number of Topliss-reactive ketones (excluding diaryl/α,β-unsaturated/α-hetero) is 2. The van der Waals surface area contributed by atoms with E-state index in [0.29, 0.717) is 22.9 Å². The van der Waals surface area contributed by atoms with E-state index in [2.05, 4.69) is 31.1 Å². The highest BCUT2D eigenvalue weighted by Gasteiger charge is 2.26. The summed E-state index contributed by atoms with van der Waals surface area (Å²) >= 11 is 0. The van der Waals surface area contributed by atoms with Gasteiger partial charge in [-0.25, -0.2) is 0 Å². The zero-order valence-corrected chi connectivity index (χ0v) is 30.8. The lowest BCUT2D eigenvalue weighted by atomic mass is 10.2. The van der Waals surface area contributed by atoms with Crippen LogP contribution in [-0.2, 0) is 19.2 Å². The number of amides is 2. The van der Waals surface area contributed by atoms with Gasteiger partial charge >= 0.3 is 0 Å². The number of benzene rings is 4. The normalized spacial score (nSPS) is 11.7. The lowest BCUT2D eigenvalue weighted by Crippen LogP contribution is -2.31. The van der Waals surface area contributed by atoms with Gasteiger partial charge < -0.3 is 29.6 Å². The van der Waals surface area contributed by atoms with Crippen LogP contribution in [0.4, 0.5) is 34.1 Å². The maximum absolute atomic E-state index is 12.5. The van der Waals surface area contributed by atoms with E-state index in [4.69, 9.17) is 18.9 Å². The Morgan fingerprint density at radius 2 is 0.893 bits per heavy atom. The SMILES string of the molecule is COc1cc([N+](=O)[O-])ccc1N=NC(C(C)=O)C(=O)Nc1ccccc1OC.COc1cc([N+](=O)[O-])ccc1N=NC(C(C)=O)C(=O)Nc1ccccc1OC. The maximum Gasteiger partial charge on any atom is 0.273 e. The van der Waals surface area contributed by atoms with Crippen molar-refractivity contribution in [1.29, 1.82) is 0 Å². The molecule has 0 saturated heterocycles. The first kappa shape index (κ1) is 42.8. The summed E-state index contributed by atoms with van der Waals surface area (Å²) < 4.78 is 20.4. The predicted octanol–water partition coefficient (Wildman–Crippen LogP) is 6.58. The molecule has 0 spiro atoms. The van der Waals surface area contributed by atoms with Crippen molar-refractivity contribution in [3.63, 3.8) is 0 Å². The molecule has 4 aromatic rings. The van der Waals surface area contributed by atoms with Crippen LogP contribution in [0.1, 0.15) is 13.8 Å². The Labute approximate surface area is 318 Å². The van der Waals surface area contributed by atoms with Crippen molar-refractivity contribution in [3.05, 3.63) is 105 Å². The number of para-hydroxylation sites is 4. The van der Waals surface area contributed by atoms with Crippen molar-refractivity contribution < 1.29 is 48.0 Å². The number of anilines is 2. The van der Waals surface area contributed by atoms with Crippen molar-refractivity contribution in [3.8, 4) is 23.0 Å². The molecule has 4 rings (SSSR count). The summed E-state index contributed by atoms with van der Waals surface area (Å²) in [6.45, 7) is 2.41. The third-order valence-electron chi connectivity index (χ3n) is 7.31. The Kier molecular flexibility index (Phi) is 15.7. The average molecular weight is 773 g/mol. The molecular weight excluding hydrogens is 736 g/mol. The topological polar surface area (TPSA) is 265 Å². The van der Waals surface area contributed by atoms with Crippen LogP contribution in [0.25, 0.3) is 0 Å². The fourth-order valence-electron chi connectivity index (χ4n) is 4.50. The van der Waals surface area contributed by atoms with E-state index in [0.717, 1.165) is 0 Å². The summed E-state index contributed by atoms with van der Waals surface area (Å²) in [4.78, 5) is 69.2. The van der Waals surface area contributed by atoms with Gasteiger partial charge in [0, 0.05) is 12.1 Å². The summed E-state index contributed by atoms with van der Waals surface area (Å²) in [5.74, 6) is -1.42. The van der Waals surface area contributed by atoms with Crippen LogP contribution in [0.15, 0.2) is 105 Å². The lowest BCUT2D eigenvalue weighted by molar-refractivity contribution is -0.385. The van der Waals surface area contributed by atoms with Crippen LogP contribution >= 0.6 is 0 Å². The molecule has 56 heavy (non-hydrogen) atoms. The molecule has 0 bridgehead atoms. The number of carbonyl (C=O) groups excluding carboxylic acids is 4. The van der Waals surface area contributed by atoms with Crippen molar-refractivity contribution in [2.75, 3.05) is 39.1 Å². The first-order chi connectivity index (χ1) is 26.7. The fraction of sp³-hybridized carbons (Fsp3) is 0.222. The van der Waals surface area contributed by atoms with Crippen LogP contribution in [0, 0.1) is 20.2 Å². The number of carbonyl (C=O) groups is 4. The van der Waals surface area contributed by atoms with Gasteiger partial charge in [0.2, 0.25) is 12.1 Å². The van der Waals surface area contributed by atoms with Gasteiger partial charge in [0.1, 0.15) is 22.9 Å². The van der Waals surface area contributed by atoms with E-state index in [9.17, 15) is 39.4 Å². The number of nitro groups is 2. The number of ether oxygens (including phenoxy) is 4. The maximum atomic E-state index is 12.5. The van der Waals surface area contributed by atoms with Gasteiger partial charge in [-0.1, -0.05) is 24.3 Å². The molecule has 20 nitrogen and oxygen atoms in total. The van der Waals surface area contributed by atoms with E-state index >= 15 is 0 Å². The standard InChI is InChI=1S/2C18H18N4O6/c2*1-11(23)17(18(24)19-13-6-4-5-7-15(13)27-2)21-20-14-9-8-12(22(25)26)10-16(14)28-3/h2*4-10,17H,1-3H3,(H,19,24). The molecule has 20 heteroatoms. The van der Waals surface area contributed by atoms with Crippen molar-refractivity contribution >= 4 is 57.5 Å². The molecular formula is C36H36N8O12. The van der Waals surface area contributed by atoms with E-state index < -0.39 is 45.3 Å². The number of non-ortho nitro benzene ring substituents is 2. The second kappa shape index (κ2) is 20.6.